The molecule has 4 rings (SSSR count). The number of carbonyl (C=O) groups is 1. The highest BCUT2D eigenvalue weighted by Gasteiger charge is 2.19. The minimum Gasteiger partial charge on any atom is -0.397 e. The maximum absolute atomic E-state index is 12.7. The van der Waals surface area contributed by atoms with Crippen LogP contribution >= 0.6 is 0 Å². The van der Waals surface area contributed by atoms with Crippen LogP contribution in [0.3, 0.4) is 0 Å². The van der Waals surface area contributed by atoms with Crippen LogP contribution in [0.15, 0.2) is 66.9 Å². The molecule has 1 aliphatic heterocycles. The summed E-state index contributed by atoms with van der Waals surface area (Å²) in [5.74, 6) is -0.199. The van der Waals surface area contributed by atoms with Gasteiger partial charge in [-0.1, -0.05) is 12.1 Å². The Morgan fingerprint density at radius 3 is 2.61 bits per heavy atom. The molecule has 0 radical (unpaired) electrons. The van der Waals surface area contributed by atoms with Crippen molar-refractivity contribution in [1.29, 1.82) is 0 Å². The zero-order valence-corrected chi connectivity index (χ0v) is 15.5. The van der Waals surface area contributed by atoms with Crippen molar-refractivity contribution in [1.82, 2.24) is 4.98 Å². The molecule has 6 heteroatoms. The third-order valence-electron chi connectivity index (χ3n) is 4.98. The number of pyridine rings is 1. The standard InChI is InChI=1S/C22H23N5O/c23-17-10-12-27(14-17)18-7-4-15(5-8-18)22(28)26-21-13-16(6-9-19(21)24)20-3-1-2-11-25-20/h1-9,11,13,17H,10,12,14,23-24H2,(H,26,28)/t17-/m0/s1. The average molecular weight is 373 g/mol. The number of rotatable bonds is 4. The largest absolute Gasteiger partial charge is 0.397 e. The molecular formula is C22H23N5O. The second kappa shape index (κ2) is 7.70. The number of amides is 1. The lowest BCUT2D eigenvalue weighted by molar-refractivity contribution is 0.102. The fourth-order valence-electron chi connectivity index (χ4n) is 3.40. The number of anilines is 3. The molecule has 1 fully saturated rings. The molecule has 0 spiro atoms. The average Bonchev–Trinajstić information content (AvgIpc) is 3.17. The summed E-state index contributed by atoms with van der Waals surface area (Å²) in [7, 11) is 0. The molecule has 3 aromatic rings. The van der Waals surface area contributed by atoms with Crippen molar-refractivity contribution < 1.29 is 4.79 Å². The SMILES string of the molecule is Nc1ccc(-c2ccccn2)cc1NC(=O)c1ccc(N2CC[C@H](N)C2)cc1. The van der Waals surface area contributed by atoms with Gasteiger partial charge in [0.2, 0.25) is 0 Å². The summed E-state index contributed by atoms with van der Waals surface area (Å²) >= 11 is 0. The van der Waals surface area contributed by atoms with E-state index < -0.39 is 0 Å². The summed E-state index contributed by atoms with van der Waals surface area (Å²) in [5.41, 5.74) is 16.5. The molecule has 142 valence electrons. The molecule has 1 aliphatic rings. The highest BCUT2D eigenvalue weighted by Crippen LogP contribution is 2.27. The summed E-state index contributed by atoms with van der Waals surface area (Å²) in [6, 6.07) is 19.0. The van der Waals surface area contributed by atoms with E-state index in [-0.39, 0.29) is 11.9 Å². The van der Waals surface area contributed by atoms with Crippen molar-refractivity contribution in [3.8, 4) is 11.3 Å². The molecule has 28 heavy (non-hydrogen) atoms. The zero-order valence-electron chi connectivity index (χ0n) is 15.5. The zero-order chi connectivity index (χ0) is 19.5. The predicted octanol–water partition coefficient (Wildman–Crippen LogP) is 3.12. The number of benzene rings is 2. The monoisotopic (exact) mass is 373 g/mol. The first-order valence-electron chi connectivity index (χ1n) is 9.33. The fourth-order valence-corrected chi connectivity index (χ4v) is 3.40. The molecule has 6 nitrogen and oxygen atoms in total. The van der Waals surface area contributed by atoms with Gasteiger partial charge in [-0.25, -0.2) is 0 Å². The number of aromatic nitrogens is 1. The van der Waals surface area contributed by atoms with Crippen molar-refractivity contribution in [3.63, 3.8) is 0 Å². The Hall–Kier alpha value is -3.38. The van der Waals surface area contributed by atoms with Gasteiger partial charge < -0.3 is 21.7 Å². The molecular weight excluding hydrogens is 350 g/mol. The number of nitrogens with one attached hydrogen (secondary N) is 1. The first-order chi connectivity index (χ1) is 13.6. The molecule has 1 saturated heterocycles. The van der Waals surface area contributed by atoms with E-state index in [1.165, 1.54) is 0 Å². The Morgan fingerprint density at radius 1 is 1.11 bits per heavy atom. The fraction of sp³-hybridized carbons (Fsp3) is 0.182. The third-order valence-corrected chi connectivity index (χ3v) is 4.98. The van der Waals surface area contributed by atoms with Crippen LogP contribution in [0.5, 0.6) is 0 Å². The molecule has 1 atom stereocenters. The van der Waals surface area contributed by atoms with Crippen LogP contribution in [0.2, 0.25) is 0 Å². The number of hydrogen-bond donors (Lipinski definition) is 3. The van der Waals surface area contributed by atoms with E-state index in [0.717, 1.165) is 36.5 Å². The van der Waals surface area contributed by atoms with Crippen LogP contribution in [-0.2, 0) is 0 Å². The first-order valence-corrected chi connectivity index (χ1v) is 9.33. The number of carbonyl (C=O) groups excluding carboxylic acids is 1. The Kier molecular flexibility index (Phi) is 4.95. The molecule has 0 unspecified atom stereocenters. The van der Waals surface area contributed by atoms with E-state index in [9.17, 15) is 4.79 Å². The molecule has 2 aromatic carbocycles. The van der Waals surface area contributed by atoms with Crippen LogP contribution in [0.25, 0.3) is 11.3 Å². The second-order valence-electron chi connectivity index (χ2n) is 7.01. The van der Waals surface area contributed by atoms with Crippen LogP contribution in [0.4, 0.5) is 17.1 Å². The summed E-state index contributed by atoms with van der Waals surface area (Å²) in [6.07, 6.45) is 2.73. The van der Waals surface area contributed by atoms with Gasteiger partial charge in [0.05, 0.1) is 17.1 Å². The van der Waals surface area contributed by atoms with Gasteiger partial charge >= 0.3 is 0 Å². The van der Waals surface area contributed by atoms with Gasteiger partial charge in [0.1, 0.15) is 0 Å². The maximum Gasteiger partial charge on any atom is 0.255 e. The van der Waals surface area contributed by atoms with Gasteiger partial charge in [0, 0.05) is 42.1 Å². The molecule has 1 aromatic heterocycles. The number of hydrogen-bond acceptors (Lipinski definition) is 5. The summed E-state index contributed by atoms with van der Waals surface area (Å²) < 4.78 is 0. The molecule has 5 N–H and O–H groups in total. The van der Waals surface area contributed by atoms with Gasteiger partial charge in [-0.3, -0.25) is 9.78 Å². The van der Waals surface area contributed by atoms with Crippen molar-refractivity contribution >= 4 is 23.0 Å². The van der Waals surface area contributed by atoms with Crippen molar-refractivity contribution in [2.24, 2.45) is 5.73 Å². The van der Waals surface area contributed by atoms with Crippen LogP contribution in [-0.4, -0.2) is 30.0 Å². The number of nitrogens with zero attached hydrogens (tertiary/aromatic N) is 2. The van der Waals surface area contributed by atoms with Crippen LogP contribution in [0, 0.1) is 0 Å². The van der Waals surface area contributed by atoms with Crippen molar-refractivity contribution in [2.45, 2.75) is 12.5 Å². The van der Waals surface area contributed by atoms with Gasteiger partial charge in [-0.2, -0.15) is 0 Å². The molecule has 1 amide bonds. The number of nitrogens with two attached hydrogens (primary N) is 2. The van der Waals surface area contributed by atoms with Crippen molar-refractivity contribution in [2.75, 3.05) is 29.0 Å². The predicted molar refractivity (Wildman–Crippen MR) is 113 cm³/mol. The quantitative estimate of drug-likeness (QED) is 0.611. The van der Waals surface area contributed by atoms with Crippen LogP contribution in [0.1, 0.15) is 16.8 Å². The molecule has 2 heterocycles. The smallest absolute Gasteiger partial charge is 0.255 e. The van der Waals surface area contributed by atoms with Gasteiger partial charge in [0.15, 0.2) is 0 Å². The van der Waals surface area contributed by atoms with Gasteiger partial charge in [0.25, 0.3) is 5.91 Å². The van der Waals surface area contributed by atoms with E-state index in [1.54, 1.807) is 12.3 Å². The molecule has 0 aliphatic carbocycles. The summed E-state index contributed by atoms with van der Waals surface area (Å²) in [6.45, 7) is 1.80. The second-order valence-corrected chi connectivity index (χ2v) is 7.01. The summed E-state index contributed by atoms with van der Waals surface area (Å²) in [5, 5.41) is 2.91. The Bertz CT molecular complexity index is 972. The van der Waals surface area contributed by atoms with Crippen LogP contribution < -0.4 is 21.7 Å². The number of nitrogen functional groups attached to an aromatic ring is 1. The lowest BCUT2D eigenvalue weighted by Crippen LogP contribution is -2.26. The lowest BCUT2D eigenvalue weighted by Gasteiger charge is -2.18. The van der Waals surface area contributed by atoms with Crippen molar-refractivity contribution in [3.05, 3.63) is 72.4 Å². The van der Waals surface area contributed by atoms with E-state index in [2.05, 4.69) is 15.2 Å². The minimum atomic E-state index is -0.199. The highest BCUT2D eigenvalue weighted by molar-refractivity contribution is 6.06. The normalized spacial score (nSPS) is 16.2. The van der Waals surface area contributed by atoms with Gasteiger partial charge in [-0.15, -0.1) is 0 Å². The highest BCUT2D eigenvalue weighted by atomic mass is 16.1. The molecule has 0 saturated carbocycles. The first kappa shape index (κ1) is 18.0. The lowest BCUT2D eigenvalue weighted by atomic mass is 10.1. The third kappa shape index (κ3) is 3.82. The maximum atomic E-state index is 12.7. The Morgan fingerprint density at radius 2 is 1.93 bits per heavy atom. The topological polar surface area (TPSA) is 97.3 Å². The minimum absolute atomic E-state index is 0.199. The Labute approximate surface area is 164 Å². The van der Waals surface area contributed by atoms with E-state index in [4.69, 9.17) is 11.5 Å². The Balaban J connectivity index is 1.50. The van der Waals surface area contributed by atoms with E-state index in [1.807, 2.05) is 54.6 Å². The van der Waals surface area contributed by atoms with Gasteiger partial charge in [-0.05, 0) is 55.0 Å². The summed E-state index contributed by atoms with van der Waals surface area (Å²) in [4.78, 5) is 19.3. The van der Waals surface area contributed by atoms with E-state index >= 15 is 0 Å². The van der Waals surface area contributed by atoms with E-state index in [0.29, 0.717) is 16.9 Å². The molecule has 0 bridgehead atoms.